The first-order valence-corrected chi connectivity index (χ1v) is 6.10. The molecule has 6 heteroatoms. The largest absolute Gasteiger partial charge is 0.483 e. The van der Waals surface area contributed by atoms with Gasteiger partial charge in [0, 0.05) is 10.6 Å². The molecule has 0 atom stereocenters. The van der Waals surface area contributed by atoms with Gasteiger partial charge in [-0.2, -0.15) is 0 Å². The van der Waals surface area contributed by atoms with Gasteiger partial charge in [0.2, 0.25) is 0 Å². The zero-order chi connectivity index (χ0) is 14.6. The number of nitrogens with two attached hydrogens (primary N) is 1. The second kappa shape index (κ2) is 5.93. The number of amides is 2. The smallest absolute Gasteiger partial charge is 0.258 e. The summed E-state index contributed by atoms with van der Waals surface area (Å²) in [6.45, 7) is 5.39. The monoisotopic (exact) mass is 284 g/mol. The maximum absolute atomic E-state index is 11.6. The Morgan fingerprint density at radius 1 is 1.37 bits per heavy atom. The van der Waals surface area contributed by atoms with Gasteiger partial charge in [-0.3, -0.25) is 9.59 Å². The maximum Gasteiger partial charge on any atom is 0.258 e. The summed E-state index contributed by atoms with van der Waals surface area (Å²) in [5.41, 5.74) is 5.02. The van der Waals surface area contributed by atoms with E-state index in [4.69, 9.17) is 22.1 Å². The molecule has 1 aromatic carbocycles. The molecule has 0 saturated carbocycles. The van der Waals surface area contributed by atoms with Crippen LogP contribution in [0.2, 0.25) is 5.02 Å². The first-order chi connectivity index (χ1) is 8.69. The van der Waals surface area contributed by atoms with Gasteiger partial charge in [-0.05, 0) is 39.0 Å². The number of hydrogen-bond acceptors (Lipinski definition) is 3. The van der Waals surface area contributed by atoms with E-state index >= 15 is 0 Å². The number of halogens is 1. The van der Waals surface area contributed by atoms with Crippen LogP contribution in [-0.2, 0) is 4.79 Å². The Balaban J connectivity index is 2.73. The summed E-state index contributed by atoms with van der Waals surface area (Å²) in [4.78, 5) is 22.8. The average Bonchev–Trinajstić information content (AvgIpc) is 2.24. The van der Waals surface area contributed by atoms with E-state index in [1.165, 1.54) is 12.1 Å². The van der Waals surface area contributed by atoms with Gasteiger partial charge in [0.05, 0.1) is 5.56 Å². The number of benzene rings is 1. The molecule has 0 fully saturated rings. The molecule has 5 nitrogen and oxygen atoms in total. The van der Waals surface area contributed by atoms with Crippen molar-refractivity contribution in [3.05, 3.63) is 28.8 Å². The summed E-state index contributed by atoms with van der Waals surface area (Å²) in [5.74, 6) is -0.701. The number of ether oxygens (including phenoxy) is 1. The highest BCUT2D eigenvalue weighted by Crippen LogP contribution is 2.22. The lowest BCUT2D eigenvalue weighted by atomic mass is 10.1. The zero-order valence-electron chi connectivity index (χ0n) is 11.1. The Morgan fingerprint density at radius 2 is 2.00 bits per heavy atom. The van der Waals surface area contributed by atoms with Crippen LogP contribution < -0.4 is 15.8 Å². The van der Waals surface area contributed by atoms with Crippen LogP contribution in [-0.4, -0.2) is 24.0 Å². The third-order valence-corrected chi connectivity index (χ3v) is 2.32. The fraction of sp³-hybridized carbons (Fsp3) is 0.385. The summed E-state index contributed by atoms with van der Waals surface area (Å²) < 4.78 is 5.29. The summed E-state index contributed by atoms with van der Waals surface area (Å²) in [6, 6.07) is 4.47. The van der Waals surface area contributed by atoms with Gasteiger partial charge in [-0.1, -0.05) is 11.6 Å². The van der Waals surface area contributed by atoms with Crippen LogP contribution in [0.15, 0.2) is 18.2 Å². The molecule has 0 aliphatic rings. The molecule has 0 saturated heterocycles. The Hall–Kier alpha value is -1.75. The van der Waals surface area contributed by atoms with Crippen LogP contribution >= 0.6 is 11.6 Å². The molecule has 3 N–H and O–H groups in total. The second-order valence-electron chi connectivity index (χ2n) is 5.09. The van der Waals surface area contributed by atoms with E-state index < -0.39 is 5.91 Å². The summed E-state index contributed by atoms with van der Waals surface area (Å²) in [6.07, 6.45) is 0. The van der Waals surface area contributed by atoms with Gasteiger partial charge in [0.1, 0.15) is 5.75 Å². The molecule has 0 aromatic heterocycles. The number of nitrogens with one attached hydrogen (secondary N) is 1. The van der Waals surface area contributed by atoms with Crippen molar-refractivity contribution in [2.45, 2.75) is 26.3 Å². The molecule has 2 amide bonds. The third-order valence-electron chi connectivity index (χ3n) is 2.08. The third kappa shape index (κ3) is 5.18. The number of hydrogen-bond donors (Lipinski definition) is 2. The lowest BCUT2D eigenvalue weighted by molar-refractivity contribution is -0.124. The predicted octanol–water partition coefficient (Wildman–Crippen LogP) is 1.73. The van der Waals surface area contributed by atoms with Crippen molar-refractivity contribution in [1.82, 2.24) is 5.32 Å². The number of rotatable bonds is 4. The van der Waals surface area contributed by atoms with E-state index in [-0.39, 0.29) is 29.4 Å². The van der Waals surface area contributed by atoms with Crippen molar-refractivity contribution in [3.63, 3.8) is 0 Å². The summed E-state index contributed by atoms with van der Waals surface area (Å²) in [5, 5.41) is 3.12. The second-order valence-corrected chi connectivity index (χ2v) is 5.53. The fourth-order valence-electron chi connectivity index (χ4n) is 1.42. The van der Waals surface area contributed by atoms with Crippen LogP contribution in [0.25, 0.3) is 0 Å². The Labute approximate surface area is 117 Å². The molecule has 0 aliphatic heterocycles. The van der Waals surface area contributed by atoms with E-state index in [0.29, 0.717) is 5.02 Å². The first-order valence-electron chi connectivity index (χ1n) is 5.72. The molecule has 19 heavy (non-hydrogen) atoms. The molecule has 104 valence electrons. The highest BCUT2D eigenvalue weighted by atomic mass is 35.5. The molecule has 1 aromatic rings. The van der Waals surface area contributed by atoms with Crippen molar-refractivity contribution < 1.29 is 14.3 Å². The standard InChI is InChI=1S/C13H17ClN2O3/c1-13(2,3)16-11(17)7-19-10-5-4-8(14)6-9(10)12(15)18/h4-6H,7H2,1-3H3,(H2,15,18)(H,16,17). The topological polar surface area (TPSA) is 81.4 Å². The van der Waals surface area contributed by atoms with E-state index in [0.717, 1.165) is 0 Å². The lowest BCUT2D eigenvalue weighted by Crippen LogP contribution is -2.43. The SMILES string of the molecule is CC(C)(C)NC(=O)COc1ccc(Cl)cc1C(N)=O. The normalized spacial score (nSPS) is 10.9. The van der Waals surface area contributed by atoms with Crippen LogP contribution in [0, 0.1) is 0 Å². The summed E-state index contributed by atoms with van der Waals surface area (Å²) >= 11 is 5.77. The Kier molecular flexibility index (Phi) is 4.78. The minimum Gasteiger partial charge on any atom is -0.483 e. The van der Waals surface area contributed by atoms with Crippen LogP contribution in [0.5, 0.6) is 5.75 Å². The molecule has 1 rings (SSSR count). The van der Waals surface area contributed by atoms with E-state index in [1.807, 2.05) is 20.8 Å². The minimum atomic E-state index is -0.659. The highest BCUT2D eigenvalue weighted by molar-refractivity contribution is 6.31. The predicted molar refractivity (Wildman–Crippen MR) is 73.4 cm³/mol. The van der Waals surface area contributed by atoms with Crippen molar-refractivity contribution >= 4 is 23.4 Å². The van der Waals surface area contributed by atoms with Crippen LogP contribution in [0.3, 0.4) is 0 Å². The summed E-state index contributed by atoms with van der Waals surface area (Å²) in [7, 11) is 0. The van der Waals surface area contributed by atoms with E-state index in [2.05, 4.69) is 5.32 Å². The van der Waals surface area contributed by atoms with Crippen molar-refractivity contribution in [2.75, 3.05) is 6.61 Å². The maximum atomic E-state index is 11.6. The average molecular weight is 285 g/mol. The quantitative estimate of drug-likeness (QED) is 0.883. The van der Waals surface area contributed by atoms with Gasteiger partial charge in [-0.25, -0.2) is 0 Å². The van der Waals surface area contributed by atoms with E-state index in [9.17, 15) is 9.59 Å². The van der Waals surface area contributed by atoms with Crippen LogP contribution in [0.4, 0.5) is 0 Å². The van der Waals surface area contributed by atoms with Gasteiger partial charge in [0.15, 0.2) is 6.61 Å². The molecule has 0 bridgehead atoms. The molecule has 0 aliphatic carbocycles. The van der Waals surface area contributed by atoms with Gasteiger partial charge in [-0.15, -0.1) is 0 Å². The number of carbonyl (C=O) groups is 2. The van der Waals surface area contributed by atoms with Crippen molar-refractivity contribution in [1.29, 1.82) is 0 Å². The zero-order valence-corrected chi connectivity index (χ0v) is 11.9. The number of primary amides is 1. The fourth-order valence-corrected chi connectivity index (χ4v) is 1.59. The van der Waals surface area contributed by atoms with Crippen molar-refractivity contribution in [2.24, 2.45) is 5.73 Å². The molecular formula is C13H17ClN2O3. The lowest BCUT2D eigenvalue weighted by Gasteiger charge is -2.20. The molecular weight excluding hydrogens is 268 g/mol. The van der Waals surface area contributed by atoms with Crippen molar-refractivity contribution in [3.8, 4) is 5.75 Å². The highest BCUT2D eigenvalue weighted by Gasteiger charge is 2.16. The number of carbonyl (C=O) groups excluding carboxylic acids is 2. The molecule has 0 radical (unpaired) electrons. The van der Waals surface area contributed by atoms with Gasteiger partial charge >= 0.3 is 0 Å². The van der Waals surface area contributed by atoms with E-state index in [1.54, 1.807) is 6.07 Å². The van der Waals surface area contributed by atoms with Crippen LogP contribution in [0.1, 0.15) is 31.1 Å². The molecule has 0 spiro atoms. The Bertz CT molecular complexity index is 495. The first kappa shape index (κ1) is 15.3. The minimum absolute atomic E-state index is 0.149. The van der Waals surface area contributed by atoms with Gasteiger partial charge < -0.3 is 15.8 Å². The molecule has 0 heterocycles. The Morgan fingerprint density at radius 3 is 2.53 bits per heavy atom. The molecule has 0 unspecified atom stereocenters. The van der Waals surface area contributed by atoms with Gasteiger partial charge in [0.25, 0.3) is 11.8 Å².